The molecule has 1 aromatic rings. The van der Waals surface area contributed by atoms with Crippen molar-refractivity contribution in [2.24, 2.45) is 22.1 Å². The van der Waals surface area contributed by atoms with E-state index < -0.39 is 6.23 Å². The van der Waals surface area contributed by atoms with Gasteiger partial charge in [0, 0.05) is 24.7 Å². The second kappa shape index (κ2) is 7.77. The van der Waals surface area contributed by atoms with Gasteiger partial charge in [0.15, 0.2) is 6.23 Å². The summed E-state index contributed by atoms with van der Waals surface area (Å²) in [7, 11) is 0. The molecule has 1 spiro atoms. The molecule has 3 aliphatic rings. The highest BCUT2D eigenvalue weighted by molar-refractivity contribution is 6.44. The van der Waals surface area contributed by atoms with Gasteiger partial charge in [-0.05, 0) is 63.0 Å². The summed E-state index contributed by atoms with van der Waals surface area (Å²) in [5.41, 5.74) is 8.27. The van der Waals surface area contributed by atoms with Gasteiger partial charge in [-0.2, -0.15) is 0 Å². The minimum Gasteiger partial charge on any atom is -0.369 e. The third kappa shape index (κ3) is 3.56. The molecule has 0 bridgehead atoms. The van der Waals surface area contributed by atoms with E-state index in [4.69, 9.17) is 33.9 Å². The molecule has 1 aromatic carbocycles. The Balaban J connectivity index is 1.56. The molecule has 3 N–H and O–H groups in total. The highest BCUT2D eigenvalue weighted by Crippen LogP contribution is 2.48. The van der Waals surface area contributed by atoms with Gasteiger partial charge in [-0.15, -0.1) is 0 Å². The predicted octanol–water partition coefficient (Wildman–Crippen LogP) is 4.62. The van der Waals surface area contributed by atoms with Crippen LogP contribution >= 0.6 is 23.2 Å². The number of amidine groups is 1. The van der Waals surface area contributed by atoms with E-state index in [1.165, 1.54) is 6.42 Å². The minimum absolute atomic E-state index is 0.275. The summed E-state index contributed by atoms with van der Waals surface area (Å²) in [5, 5.41) is 12.0. The lowest BCUT2D eigenvalue weighted by atomic mass is 9.74. The van der Waals surface area contributed by atoms with Crippen LogP contribution < -0.4 is 10.6 Å². The number of halogens is 2. The van der Waals surface area contributed by atoms with Crippen LogP contribution in [0.25, 0.3) is 0 Å². The SMILES string of the molecule is CC1=NC(N2CCC3(CC2)C[C@H](C)C[C@H]3N)=C(C)C(O)N1c1cccc(Cl)c1Cl. The van der Waals surface area contributed by atoms with Crippen molar-refractivity contribution < 1.29 is 5.11 Å². The molecule has 1 saturated heterocycles. The van der Waals surface area contributed by atoms with Gasteiger partial charge in [-0.1, -0.05) is 36.2 Å². The Labute approximate surface area is 183 Å². The zero-order valence-electron chi connectivity index (χ0n) is 17.3. The summed E-state index contributed by atoms with van der Waals surface area (Å²) in [6.45, 7) is 8.00. The molecule has 2 fully saturated rings. The molecule has 29 heavy (non-hydrogen) atoms. The maximum Gasteiger partial charge on any atom is 0.158 e. The van der Waals surface area contributed by atoms with E-state index in [2.05, 4.69) is 11.8 Å². The molecule has 5 nitrogen and oxygen atoms in total. The Morgan fingerprint density at radius 3 is 2.52 bits per heavy atom. The molecule has 1 aliphatic carbocycles. The number of aliphatic hydroxyl groups is 1. The van der Waals surface area contributed by atoms with E-state index in [0.717, 1.165) is 43.7 Å². The number of aliphatic hydroxyl groups excluding tert-OH is 1. The van der Waals surface area contributed by atoms with Crippen molar-refractivity contribution >= 4 is 34.7 Å². The Hall–Kier alpha value is -1.27. The Kier molecular flexibility index (Phi) is 5.62. The van der Waals surface area contributed by atoms with Crippen LogP contribution in [0.4, 0.5) is 5.69 Å². The highest BCUT2D eigenvalue weighted by atomic mass is 35.5. The fourth-order valence-corrected chi connectivity index (χ4v) is 5.82. The first kappa shape index (κ1) is 21.0. The third-order valence-corrected chi connectivity index (χ3v) is 7.86. The summed E-state index contributed by atoms with van der Waals surface area (Å²) >= 11 is 12.6. The standard InChI is InChI=1S/C22H30Cl2N4O/c1-13-11-18(25)22(12-13)7-9-27(10-8-22)20-14(2)21(29)28(15(3)26-20)17-6-4-5-16(23)19(17)24/h4-6,13,18,21,29H,7-12,25H2,1-3H3/t13-,18-,21?/m1/s1. The number of nitrogens with two attached hydrogens (primary N) is 1. The van der Waals surface area contributed by atoms with E-state index in [-0.39, 0.29) is 5.41 Å². The van der Waals surface area contributed by atoms with Crippen LogP contribution in [0.5, 0.6) is 0 Å². The molecule has 7 heteroatoms. The summed E-state index contributed by atoms with van der Waals surface area (Å²) in [4.78, 5) is 8.92. The average Bonchev–Trinajstić information content (AvgIpc) is 2.95. The lowest BCUT2D eigenvalue weighted by Crippen LogP contribution is -2.49. The number of piperidine rings is 1. The van der Waals surface area contributed by atoms with Gasteiger partial charge in [-0.25, -0.2) is 4.99 Å². The van der Waals surface area contributed by atoms with Gasteiger partial charge >= 0.3 is 0 Å². The summed E-state index contributed by atoms with van der Waals surface area (Å²) in [6.07, 6.45) is 3.70. The molecule has 1 unspecified atom stereocenters. The maximum absolute atomic E-state index is 11.1. The number of nitrogens with zero attached hydrogens (tertiary/aromatic N) is 3. The molecule has 2 heterocycles. The topological polar surface area (TPSA) is 65.1 Å². The Morgan fingerprint density at radius 2 is 1.90 bits per heavy atom. The van der Waals surface area contributed by atoms with Crippen LogP contribution in [0.2, 0.25) is 10.0 Å². The molecule has 158 valence electrons. The number of benzene rings is 1. The van der Waals surface area contributed by atoms with Crippen LogP contribution in [0.15, 0.2) is 34.6 Å². The zero-order chi connectivity index (χ0) is 20.9. The van der Waals surface area contributed by atoms with Gasteiger partial charge in [0.25, 0.3) is 0 Å². The quantitative estimate of drug-likeness (QED) is 0.709. The van der Waals surface area contributed by atoms with Gasteiger partial charge < -0.3 is 15.7 Å². The Bertz CT molecular complexity index is 860. The fourth-order valence-electron chi connectivity index (χ4n) is 5.44. The van der Waals surface area contributed by atoms with Crippen molar-refractivity contribution in [1.82, 2.24) is 4.90 Å². The number of anilines is 1. The monoisotopic (exact) mass is 436 g/mol. The molecule has 1 saturated carbocycles. The summed E-state index contributed by atoms with van der Waals surface area (Å²) in [5.74, 6) is 2.29. The molecular formula is C22H30Cl2N4O. The number of aliphatic imine (C=N–C) groups is 1. The number of hydrogen-bond donors (Lipinski definition) is 2. The van der Waals surface area contributed by atoms with Gasteiger partial charge in [0.1, 0.15) is 11.7 Å². The molecule has 0 radical (unpaired) electrons. The van der Waals surface area contributed by atoms with Crippen molar-refractivity contribution in [2.75, 3.05) is 18.0 Å². The number of likely N-dealkylation sites (tertiary alicyclic amines) is 1. The number of hydrogen-bond acceptors (Lipinski definition) is 5. The summed E-state index contributed by atoms with van der Waals surface area (Å²) < 4.78 is 0. The van der Waals surface area contributed by atoms with E-state index in [1.54, 1.807) is 11.0 Å². The molecular weight excluding hydrogens is 407 g/mol. The normalized spacial score (nSPS) is 29.6. The molecule has 0 amide bonds. The van der Waals surface area contributed by atoms with Gasteiger partial charge in [0.2, 0.25) is 0 Å². The van der Waals surface area contributed by atoms with E-state index in [0.29, 0.717) is 33.5 Å². The fraction of sp³-hybridized carbons (Fsp3) is 0.591. The smallest absolute Gasteiger partial charge is 0.158 e. The second-order valence-electron chi connectivity index (χ2n) is 8.98. The van der Waals surface area contributed by atoms with Crippen molar-refractivity contribution in [3.8, 4) is 0 Å². The van der Waals surface area contributed by atoms with Crippen molar-refractivity contribution in [3.05, 3.63) is 39.6 Å². The first-order chi connectivity index (χ1) is 13.7. The third-order valence-electron chi connectivity index (χ3n) is 7.05. The second-order valence-corrected chi connectivity index (χ2v) is 9.77. The predicted molar refractivity (Wildman–Crippen MR) is 120 cm³/mol. The first-order valence-electron chi connectivity index (χ1n) is 10.4. The lowest BCUT2D eigenvalue weighted by Gasteiger charge is -2.45. The van der Waals surface area contributed by atoms with E-state index in [9.17, 15) is 5.11 Å². The largest absolute Gasteiger partial charge is 0.369 e. The van der Waals surface area contributed by atoms with Crippen LogP contribution in [0.3, 0.4) is 0 Å². The van der Waals surface area contributed by atoms with Crippen molar-refractivity contribution in [1.29, 1.82) is 0 Å². The average molecular weight is 437 g/mol. The maximum atomic E-state index is 11.1. The number of rotatable bonds is 2. The first-order valence-corrected chi connectivity index (χ1v) is 11.2. The zero-order valence-corrected chi connectivity index (χ0v) is 18.8. The van der Waals surface area contributed by atoms with Crippen LogP contribution in [-0.4, -0.2) is 41.2 Å². The Morgan fingerprint density at radius 1 is 1.21 bits per heavy atom. The van der Waals surface area contributed by atoms with Crippen LogP contribution in [-0.2, 0) is 0 Å². The minimum atomic E-state index is -0.830. The van der Waals surface area contributed by atoms with Crippen LogP contribution in [0.1, 0.15) is 46.5 Å². The molecule has 4 rings (SSSR count). The van der Waals surface area contributed by atoms with E-state index >= 15 is 0 Å². The molecule has 2 aliphatic heterocycles. The molecule has 3 atom stereocenters. The van der Waals surface area contributed by atoms with Crippen molar-refractivity contribution in [2.45, 2.75) is 58.7 Å². The highest BCUT2D eigenvalue weighted by Gasteiger charge is 2.46. The van der Waals surface area contributed by atoms with Gasteiger partial charge in [0.05, 0.1) is 15.7 Å². The van der Waals surface area contributed by atoms with E-state index in [1.807, 2.05) is 26.0 Å². The van der Waals surface area contributed by atoms with Crippen molar-refractivity contribution in [3.63, 3.8) is 0 Å². The molecule has 0 aromatic heterocycles. The van der Waals surface area contributed by atoms with Crippen LogP contribution in [0, 0.1) is 11.3 Å². The van der Waals surface area contributed by atoms with Gasteiger partial charge in [-0.3, -0.25) is 4.90 Å². The summed E-state index contributed by atoms with van der Waals surface area (Å²) in [6, 6.07) is 5.72. The lowest BCUT2D eigenvalue weighted by molar-refractivity contribution is 0.109.